The molecule has 0 aliphatic carbocycles. The summed E-state index contributed by atoms with van der Waals surface area (Å²) < 4.78 is 29.2. The van der Waals surface area contributed by atoms with Crippen LogP contribution in [0.5, 0.6) is 0 Å². The zero-order valence-electron chi connectivity index (χ0n) is 12.0. The number of hydrogen-bond acceptors (Lipinski definition) is 6. The molecule has 0 aromatic rings. The number of ether oxygens (including phenoxy) is 5. The maximum atomic E-state index is 8.49. The Morgan fingerprint density at radius 2 is 1.55 bits per heavy atom. The van der Waals surface area contributed by atoms with Gasteiger partial charge in [-0.25, -0.2) is 0 Å². The lowest BCUT2D eigenvalue weighted by atomic mass is 9.99. The fraction of sp³-hybridized carbons (Fsp3) is 1.00. The van der Waals surface area contributed by atoms with E-state index < -0.39 is 24.0 Å². The summed E-state index contributed by atoms with van der Waals surface area (Å²) >= 11 is 0. The van der Waals surface area contributed by atoms with Gasteiger partial charge in [0.1, 0.15) is 18.3 Å². The third-order valence-electron chi connectivity index (χ3n) is 3.58. The zero-order chi connectivity index (χ0) is 14.5. The van der Waals surface area contributed by atoms with Crippen molar-refractivity contribution in [3.63, 3.8) is 0 Å². The molecule has 0 saturated carbocycles. The first-order valence-corrected chi connectivity index (χ1v) is 6.69. The van der Waals surface area contributed by atoms with Crippen LogP contribution in [0, 0.1) is 0 Å². The van der Waals surface area contributed by atoms with E-state index in [1.54, 1.807) is 0 Å². The summed E-state index contributed by atoms with van der Waals surface area (Å²) in [5.41, 5.74) is 8.49. The van der Waals surface area contributed by atoms with E-state index in [9.17, 15) is 0 Å². The SMILES string of the molecule is CC1(C)OC2OC(CN=[N+]=[N-])C3OC(C)(C)OC3C2O1. The molecule has 0 spiro atoms. The molecule has 0 aromatic carbocycles. The predicted octanol–water partition coefficient (Wildman–Crippen LogP) is 1.69. The van der Waals surface area contributed by atoms with E-state index in [0.29, 0.717) is 0 Å². The van der Waals surface area contributed by atoms with Crippen molar-refractivity contribution in [3.8, 4) is 0 Å². The predicted molar refractivity (Wildman–Crippen MR) is 66.5 cm³/mol. The second kappa shape index (κ2) is 4.56. The van der Waals surface area contributed by atoms with Crippen LogP contribution in [-0.4, -0.2) is 48.8 Å². The van der Waals surface area contributed by atoms with Crippen LogP contribution in [-0.2, 0) is 23.7 Å². The van der Waals surface area contributed by atoms with E-state index in [1.165, 1.54) is 0 Å². The number of nitrogens with zero attached hydrogens (tertiary/aromatic N) is 3. The van der Waals surface area contributed by atoms with Crippen LogP contribution in [0.1, 0.15) is 27.7 Å². The lowest BCUT2D eigenvalue weighted by molar-refractivity contribution is -0.231. The lowest BCUT2D eigenvalue weighted by Crippen LogP contribution is -2.55. The average molecular weight is 285 g/mol. The number of hydrogen-bond donors (Lipinski definition) is 0. The molecule has 8 nitrogen and oxygen atoms in total. The second-order valence-corrected chi connectivity index (χ2v) is 6.12. The van der Waals surface area contributed by atoms with E-state index in [0.717, 1.165) is 0 Å². The second-order valence-electron chi connectivity index (χ2n) is 6.12. The molecular formula is C12H19N3O5. The Morgan fingerprint density at radius 3 is 2.25 bits per heavy atom. The van der Waals surface area contributed by atoms with Gasteiger partial charge in [0.15, 0.2) is 17.9 Å². The van der Waals surface area contributed by atoms with Crippen LogP contribution in [0.15, 0.2) is 5.11 Å². The van der Waals surface area contributed by atoms with Crippen LogP contribution in [0.25, 0.3) is 10.4 Å². The summed E-state index contributed by atoms with van der Waals surface area (Å²) in [5, 5.41) is 3.58. The first-order chi connectivity index (χ1) is 9.31. The monoisotopic (exact) mass is 285 g/mol. The van der Waals surface area contributed by atoms with Gasteiger partial charge in [-0.15, -0.1) is 0 Å². The van der Waals surface area contributed by atoms with Crippen LogP contribution in [0.3, 0.4) is 0 Å². The molecule has 0 N–H and O–H groups in total. The van der Waals surface area contributed by atoms with E-state index in [2.05, 4.69) is 10.0 Å². The van der Waals surface area contributed by atoms with Crippen molar-refractivity contribution in [3.05, 3.63) is 10.4 Å². The smallest absolute Gasteiger partial charge is 0.190 e. The molecule has 3 aliphatic heterocycles. The fourth-order valence-electron chi connectivity index (χ4n) is 2.96. The van der Waals surface area contributed by atoms with Crippen LogP contribution >= 0.6 is 0 Å². The highest BCUT2D eigenvalue weighted by molar-refractivity contribution is 5.00. The Labute approximate surface area is 116 Å². The normalized spacial score (nSPS) is 44.5. The molecule has 0 amide bonds. The van der Waals surface area contributed by atoms with Gasteiger partial charge in [0.05, 0.1) is 12.6 Å². The van der Waals surface area contributed by atoms with E-state index in [1.807, 2.05) is 27.7 Å². The molecule has 0 bridgehead atoms. The molecule has 0 radical (unpaired) electrons. The highest BCUT2D eigenvalue weighted by Gasteiger charge is 2.60. The van der Waals surface area contributed by atoms with Gasteiger partial charge in [0.2, 0.25) is 0 Å². The number of rotatable bonds is 2. The maximum Gasteiger partial charge on any atom is 0.190 e. The Kier molecular flexibility index (Phi) is 3.20. The standard InChI is InChI=1S/C12H19N3O5/c1-11(2)17-7-6(5-14-15-13)16-10-9(8(7)18-11)19-12(3,4)20-10/h6-10H,5H2,1-4H3. The highest BCUT2D eigenvalue weighted by atomic mass is 16.9. The van der Waals surface area contributed by atoms with Crippen molar-refractivity contribution < 1.29 is 23.7 Å². The molecule has 20 heavy (non-hydrogen) atoms. The van der Waals surface area contributed by atoms with Crippen LogP contribution in [0.4, 0.5) is 0 Å². The van der Waals surface area contributed by atoms with Crippen molar-refractivity contribution in [2.24, 2.45) is 5.11 Å². The molecule has 8 heteroatoms. The van der Waals surface area contributed by atoms with Crippen LogP contribution < -0.4 is 0 Å². The molecule has 3 aliphatic rings. The molecule has 5 unspecified atom stereocenters. The van der Waals surface area contributed by atoms with Gasteiger partial charge in [-0.1, -0.05) is 5.11 Å². The fourth-order valence-corrected chi connectivity index (χ4v) is 2.96. The number of fused-ring (bicyclic) bond motifs is 3. The first-order valence-electron chi connectivity index (χ1n) is 6.69. The minimum absolute atomic E-state index is 0.171. The van der Waals surface area contributed by atoms with Gasteiger partial charge < -0.3 is 23.7 Å². The maximum absolute atomic E-state index is 8.49. The quantitative estimate of drug-likeness (QED) is 0.437. The average Bonchev–Trinajstić information content (AvgIpc) is 2.80. The molecule has 3 rings (SSSR count). The third-order valence-corrected chi connectivity index (χ3v) is 3.58. The first kappa shape index (κ1) is 14.1. The lowest BCUT2D eigenvalue weighted by Gasteiger charge is -2.36. The molecule has 5 atom stereocenters. The molecular weight excluding hydrogens is 266 g/mol. The molecule has 0 aromatic heterocycles. The third kappa shape index (κ3) is 2.39. The Balaban J connectivity index is 1.85. The van der Waals surface area contributed by atoms with Gasteiger partial charge in [-0.3, -0.25) is 0 Å². The minimum atomic E-state index is -0.733. The zero-order valence-corrected chi connectivity index (χ0v) is 12.0. The molecule has 3 fully saturated rings. The van der Waals surface area contributed by atoms with Gasteiger partial charge in [0, 0.05) is 4.91 Å². The summed E-state index contributed by atoms with van der Waals surface area (Å²) in [5.74, 6) is -1.46. The van der Waals surface area contributed by atoms with Crippen molar-refractivity contribution in [2.75, 3.05) is 6.54 Å². The van der Waals surface area contributed by atoms with Crippen LogP contribution in [0.2, 0.25) is 0 Å². The van der Waals surface area contributed by atoms with Gasteiger partial charge in [-0.05, 0) is 33.2 Å². The summed E-state index contributed by atoms with van der Waals surface area (Å²) in [6.07, 6.45) is -1.93. The van der Waals surface area contributed by atoms with E-state index in [-0.39, 0.29) is 24.9 Å². The van der Waals surface area contributed by atoms with E-state index in [4.69, 9.17) is 29.2 Å². The highest BCUT2D eigenvalue weighted by Crippen LogP contribution is 2.44. The molecule has 112 valence electrons. The van der Waals surface area contributed by atoms with E-state index >= 15 is 0 Å². The molecule has 3 saturated heterocycles. The Bertz CT molecular complexity index is 448. The number of azide groups is 1. The topological polar surface area (TPSA) is 94.9 Å². The Morgan fingerprint density at radius 1 is 0.950 bits per heavy atom. The van der Waals surface area contributed by atoms with Gasteiger partial charge in [-0.2, -0.15) is 0 Å². The minimum Gasteiger partial charge on any atom is -0.344 e. The van der Waals surface area contributed by atoms with Crippen molar-refractivity contribution in [1.82, 2.24) is 0 Å². The Hall–Kier alpha value is -0.890. The van der Waals surface area contributed by atoms with Crippen molar-refractivity contribution in [2.45, 2.75) is 70.0 Å². The van der Waals surface area contributed by atoms with Gasteiger partial charge in [0.25, 0.3) is 0 Å². The summed E-state index contributed by atoms with van der Waals surface area (Å²) in [4.78, 5) is 2.77. The largest absolute Gasteiger partial charge is 0.344 e. The molecule has 3 heterocycles. The van der Waals surface area contributed by atoms with Crippen molar-refractivity contribution in [1.29, 1.82) is 0 Å². The summed E-state index contributed by atoms with van der Waals surface area (Å²) in [6.45, 7) is 7.50. The summed E-state index contributed by atoms with van der Waals surface area (Å²) in [6, 6.07) is 0. The van der Waals surface area contributed by atoms with Gasteiger partial charge >= 0.3 is 0 Å². The summed E-state index contributed by atoms with van der Waals surface area (Å²) in [7, 11) is 0. The van der Waals surface area contributed by atoms with Crippen molar-refractivity contribution >= 4 is 0 Å².